The van der Waals surface area contributed by atoms with Gasteiger partial charge in [0.15, 0.2) is 11.5 Å². The van der Waals surface area contributed by atoms with Crippen LogP contribution in [-0.2, 0) is 6.54 Å². The van der Waals surface area contributed by atoms with Gasteiger partial charge in [-0.1, -0.05) is 6.07 Å². The molecule has 0 saturated carbocycles. The monoisotopic (exact) mass is 438 g/mol. The number of anilines is 1. The largest absolute Gasteiger partial charge is 0.454 e. The van der Waals surface area contributed by atoms with Crippen molar-refractivity contribution in [1.29, 1.82) is 0 Å². The number of rotatable bonds is 4. The zero-order valence-corrected chi connectivity index (χ0v) is 18.5. The molecule has 5 rings (SSSR count). The number of ether oxygens (including phenoxy) is 2. The number of amides is 2. The molecule has 32 heavy (non-hydrogen) atoms. The lowest BCUT2D eigenvalue weighted by Crippen LogP contribution is -2.55. The van der Waals surface area contributed by atoms with Crippen LogP contribution in [0.25, 0.3) is 0 Å². The number of fused-ring (bicyclic) bond motifs is 1. The summed E-state index contributed by atoms with van der Waals surface area (Å²) in [6, 6.07) is 8.29. The quantitative estimate of drug-likeness (QED) is 0.782. The molecule has 0 spiro atoms. The lowest BCUT2D eigenvalue weighted by molar-refractivity contribution is 0.132. The van der Waals surface area contributed by atoms with Gasteiger partial charge in [0, 0.05) is 63.6 Å². The molecule has 2 fully saturated rings. The van der Waals surface area contributed by atoms with E-state index in [0.29, 0.717) is 6.79 Å². The topological polar surface area (TPSA) is 83.1 Å². The number of hydrogen-bond acceptors (Lipinski definition) is 7. The van der Waals surface area contributed by atoms with E-state index in [4.69, 9.17) is 9.47 Å². The molecule has 170 valence electrons. The summed E-state index contributed by atoms with van der Waals surface area (Å²) < 4.78 is 10.9. The Bertz CT molecular complexity index is 962. The maximum Gasteiger partial charge on any atom is 0.317 e. The first-order valence-corrected chi connectivity index (χ1v) is 11.3. The highest BCUT2D eigenvalue weighted by molar-refractivity contribution is 5.74. The van der Waals surface area contributed by atoms with Gasteiger partial charge in [-0.15, -0.1) is 0 Å². The highest BCUT2D eigenvalue weighted by Gasteiger charge is 2.26. The smallest absolute Gasteiger partial charge is 0.317 e. The number of nitrogens with zero attached hydrogens (tertiary/aromatic N) is 5. The summed E-state index contributed by atoms with van der Waals surface area (Å²) in [5, 5.41) is 3.25. The van der Waals surface area contributed by atoms with Gasteiger partial charge in [0.25, 0.3) is 0 Å². The van der Waals surface area contributed by atoms with E-state index in [9.17, 15) is 4.79 Å². The summed E-state index contributed by atoms with van der Waals surface area (Å²) in [7, 11) is 0. The minimum atomic E-state index is 0.0402. The van der Waals surface area contributed by atoms with E-state index in [2.05, 4.69) is 37.2 Å². The van der Waals surface area contributed by atoms with Crippen molar-refractivity contribution in [2.24, 2.45) is 0 Å². The predicted octanol–water partition coefficient (Wildman–Crippen LogP) is 2.01. The maximum absolute atomic E-state index is 12.9. The predicted molar refractivity (Wildman–Crippen MR) is 120 cm³/mol. The fourth-order valence-corrected chi connectivity index (χ4v) is 4.59. The highest BCUT2D eigenvalue weighted by Crippen LogP contribution is 2.32. The number of carbonyl (C=O) groups is 1. The highest BCUT2D eigenvalue weighted by atomic mass is 16.7. The fraction of sp³-hybridized carbons (Fsp3) is 0.522. The molecule has 1 aromatic heterocycles. The van der Waals surface area contributed by atoms with E-state index in [0.717, 1.165) is 81.7 Å². The zero-order chi connectivity index (χ0) is 21.9. The second-order valence-corrected chi connectivity index (χ2v) is 8.70. The van der Waals surface area contributed by atoms with Gasteiger partial charge in [-0.3, -0.25) is 4.90 Å². The van der Waals surface area contributed by atoms with E-state index in [-0.39, 0.29) is 12.1 Å². The minimum Gasteiger partial charge on any atom is -0.454 e. The molecule has 1 atom stereocenters. The first-order chi connectivity index (χ1) is 15.6. The van der Waals surface area contributed by atoms with E-state index < -0.39 is 0 Å². The standard InChI is InChI=1S/C23H30N6O3/c1-17-11-22(25-15-24-17)29-6-2-3-19(14-29)26-23(30)28-9-7-27(8-10-28)13-18-4-5-20-21(12-18)32-16-31-20/h4-5,11-12,15,19H,2-3,6-10,13-14,16H2,1H3,(H,26,30). The molecule has 0 bridgehead atoms. The van der Waals surface area contributed by atoms with E-state index in [1.807, 2.05) is 24.0 Å². The average Bonchev–Trinajstić information content (AvgIpc) is 3.28. The van der Waals surface area contributed by atoms with E-state index in [1.165, 1.54) is 5.56 Å². The molecule has 1 aromatic carbocycles. The van der Waals surface area contributed by atoms with Crippen molar-refractivity contribution in [3.8, 4) is 11.5 Å². The third-order valence-electron chi connectivity index (χ3n) is 6.37. The molecule has 0 aliphatic carbocycles. The van der Waals surface area contributed by atoms with Crippen LogP contribution in [0.3, 0.4) is 0 Å². The third-order valence-corrected chi connectivity index (χ3v) is 6.37. The molecule has 9 nitrogen and oxygen atoms in total. The molecular formula is C23H30N6O3. The van der Waals surface area contributed by atoms with Crippen LogP contribution in [0.15, 0.2) is 30.6 Å². The Labute approximate surface area is 188 Å². The number of urea groups is 1. The van der Waals surface area contributed by atoms with Crippen molar-refractivity contribution in [3.63, 3.8) is 0 Å². The Balaban J connectivity index is 1.10. The van der Waals surface area contributed by atoms with Gasteiger partial charge in [0.05, 0.1) is 0 Å². The van der Waals surface area contributed by atoms with Crippen molar-refractivity contribution in [2.45, 2.75) is 32.4 Å². The molecule has 3 aliphatic heterocycles. The molecule has 2 saturated heterocycles. The Hall–Kier alpha value is -3.07. The first-order valence-electron chi connectivity index (χ1n) is 11.3. The van der Waals surface area contributed by atoms with Gasteiger partial charge in [0.2, 0.25) is 6.79 Å². The number of hydrogen-bond donors (Lipinski definition) is 1. The molecule has 1 N–H and O–H groups in total. The van der Waals surface area contributed by atoms with Crippen LogP contribution in [0, 0.1) is 6.92 Å². The Kier molecular flexibility index (Phi) is 5.98. The second-order valence-electron chi connectivity index (χ2n) is 8.70. The molecule has 2 aromatic rings. The van der Waals surface area contributed by atoms with Gasteiger partial charge in [-0.25, -0.2) is 14.8 Å². The normalized spacial score (nSPS) is 21.0. The molecule has 2 amide bonds. The van der Waals surface area contributed by atoms with Crippen LogP contribution in [0.4, 0.5) is 10.6 Å². The second kappa shape index (κ2) is 9.20. The van der Waals surface area contributed by atoms with Gasteiger partial charge in [-0.2, -0.15) is 0 Å². The van der Waals surface area contributed by atoms with Gasteiger partial charge in [-0.05, 0) is 37.5 Å². The maximum atomic E-state index is 12.9. The zero-order valence-electron chi connectivity index (χ0n) is 18.5. The third kappa shape index (κ3) is 4.72. The SMILES string of the molecule is Cc1cc(N2CCCC(NC(=O)N3CCN(Cc4ccc5c(c4)OCO5)CC3)C2)ncn1. The summed E-state index contributed by atoms with van der Waals surface area (Å²) in [5.74, 6) is 2.57. The van der Waals surface area contributed by atoms with Gasteiger partial charge >= 0.3 is 6.03 Å². The number of carbonyl (C=O) groups excluding carboxylic acids is 1. The van der Waals surface area contributed by atoms with E-state index >= 15 is 0 Å². The Morgan fingerprint density at radius 2 is 1.94 bits per heavy atom. The summed E-state index contributed by atoms with van der Waals surface area (Å²) in [6.07, 6.45) is 3.64. The first kappa shape index (κ1) is 20.8. The lowest BCUT2D eigenvalue weighted by Gasteiger charge is -2.38. The average molecular weight is 439 g/mol. The number of benzene rings is 1. The molecule has 9 heteroatoms. The van der Waals surface area contributed by atoms with E-state index in [1.54, 1.807) is 6.33 Å². The molecule has 4 heterocycles. The van der Waals surface area contributed by atoms with Crippen molar-refractivity contribution in [2.75, 3.05) is 51.0 Å². The van der Waals surface area contributed by atoms with Gasteiger partial charge < -0.3 is 24.6 Å². The fourth-order valence-electron chi connectivity index (χ4n) is 4.59. The molecule has 0 radical (unpaired) electrons. The van der Waals surface area contributed by atoms with Crippen molar-refractivity contribution in [3.05, 3.63) is 41.9 Å². The minimum absolute atomic E-state index is 0.0402. The van der Waals surface area contributed by atoms with Crippen LogP contribution < -0.4 is 19.7 Å². The Morgan fingerprint density at radius 3 is 2.78 bits per heavy atom. The van der Waals surface area contributed by atoms with Crippen LogP contribution in [0.1, 0.15) is 24.1 Å². The summed E-state index contributed by atoms with van der Waals surface area (Å²) in [4.78, 5) is 28.0. The summed E-state index contributed by atoms with van der Waals surface area (Å²) in [6.45, 7) is 8.05. The van der Waals surface area contributed by atoms with Crippen molar-refractivity contribution < 1.29 is 14.3 Å². The number of piperazine rings is 1. The van der Waals surface area contributed by atoms with Crippen molar-refractivity contribution in [1.82, 2.24) is 25.1 Å². The van der Waals surface area contributed by atoms with Crippen LogP contribution >= 0.6 is 0 Å². The number of aryl methyl sites for hydroxylation is 1. The van der Waals surface area contributed by atoms with Crippen LogP contribution in [0.5, 0.6) is 11.5 Å². The summed E-state index contributed by atoms with van der Waals surface area (Å²) in [5.41, 5.74) is 2.16. The molecule has 1 unspecified atom stereocenters. The molecular weight excluding hydrogens is 408 g/mol. The number of piperidine rings is 1. The lowest BCUT2D eigenvalue weighted by atomic mass is 10.1. The van der Waals surface area contributed by atoms with Crippen LogP contribution in [-0.4, -0.2) is 77.9 Å². The van der Waals surface area contributed by atoms with Crippen LogP contribution in [0.2, 0.25) is 0 Å². The number of nitrogens with one attached hydrogen (secondary N) is 1. The molecule has 3 aliphatic rings. The van der Waals surface area contributed by atoms with Crippen molar-refractivity contribution >= 4 is 11.8 Å². The Morgan fingerprint density at radius 1 is 1.09 bits per heavy atom. The summed E-state index contributed by atoms with van der Waals surface area (Å²) >= 11 is 0. The van der Waals surface area contributed by atoms with Gasteiger partial charge in [0.1, 0.15) is 12.1 Å². The number of aromatic nitrogens is 2.